The molecule has 0 spiro atoms. The Hall–Kier alpha value is -1.46. The van der Waals surface area contributed by atoms with Crippen LogP contribution < -0.4 is 0 Å². The van der Waals surface area contributed by atoms with Crippen molar-refractivity contribution < 1.29 is 14.3 Å². The van der Waals surface area contributed by atoms with Crippen molar-refractivity contribution in [1.29, 1.82) is 0 Å². The number of hydrogen-bond donors (Lipinski definition) is 0. The number of rotatable bonds is 7. The van der Waals surface area contributed by atoms with Crippen LogP contribution in [0.5, 0.6) is 0 Å². The molecular weight excluding hydrogens is 368 g/mol. The highest BCUT2D eigenvalue weighted by molar-refractivity contribution is 5.68. The molecule has 0 aliphatic carbocycles. The summed E-state index contributed by atoms with van der Waals surface area (Å²) in [5.41, 5.74) is 7.95. The van der Waals surface area contributed by atoms with E-state index in [2.05, 4.69) is 51.6 Å². The van der Waals surface area contributed by atoms with Crippen molar-refractivity contribution in [1.82, 2.24) is 4.90 Å². The number of amides is 1. The number of likely N-dealkylation sites (tertiary alicyclic amines) is 1. The Morgan fingerprint density at radius 2 is 1.79 bits per heavy atom. The largest absolute Gasteiger partial charge is 0.444 e. The monoisotopic (exact) mass is 410 g/mol. The highest BCUT2D eigenvalue weighted by atomic mass is 16.6. The number of piperidine rings is 1. The molecule has 3 atom stereocenters. The van der Waals surface area contributed by atoms with Crippen LogP contribution in [0.1, 0.15) is 81.6 Å². The molecule has 1 saturated heterocycles. The first-order valence-electron chi connectivity index (χ1n) is 10.9. The maximum Gasteiger partial charge on any atom is 0.410 e. The fourth-order valence-electron chi connectivity index (χ4n) is 4.62. The number of carbonyl (C=O) groups excluding carboxylic acids is 1. The minimum Gasteiger partial charge on any atom is -0.444 e. The van der Waals surface area contributed by atoms with Crippen LogP contribution in [0.3, 0.4) is 0 Å². The lowest BCUT2D eigenvalue weighted by atomic mass is 9.69. The second-order valence-corrected chi connectivity index (χ2v) is 11.0. The van der Waals surface area contributed by atoms with Crippen LogP contribution in [0.2, 0.25) is 0 Å². The van der Waals surface area contributed by atoms with Crippen molar-refractivity contribution >= 4 is 6.09 Å². The molecule has 0 aromatic heterocycles. The SMILES string of the molecule is CCCC(C(C)(C)C)C(C)(C)OC1CC(CN=[N+]=[N-])CN(C(=O)OC(C)(C)C)C1. The molecule has 1 heterocycles. The Morgan fingerprint density at radius 3 is 2.28 bits per heavy atom. The van der Waals surface area contributed by atoms with Gasteiger partial charge in [0.15, 0.2) is 0 Å². The van der Waals surface area contributed by atoms with Gasteiger partial charge in [0, 0.05) is 18.0 Å². The molecule has 168 valence electrons. The number of carbonyl (C=O) groups is 1. The molecule has 0 aromatic carbocycles. The second-order valence-electron chi connectivity index (χ2n) is 11.0. The van der Waals surface area contributed by atoms with Gasteiger partial charge in [0.05, 0.1) is 18.2 Å². The van der Waals surface area contributed by atoms with Crippen LogP contribution in [-0.2, 0) is 9.47 Å². The highest BCUT2D eigenvalue weighted by Gasteiger charge is 2.42. The molecule has 0 saturated carbocycles. The van der Waals surface area contributed by atoms with Crippen molar-refractivity contribution in [3.63, 3.8) is 0 Å². The average Bonchev–Trinajstić information content (AvgIpc) is 2.54. The summed E-state index contributed by atoms with van der Waals surface area (Å²) in [5.74, 6) is 0.444. The fraction of sp³-hybridized carbons (Fsp3) is 0.955. The first-order chi connectivity index (χ1) is 13.2. The number of nitrogens with zero attached hydrogens (tertiary/aromatic N) is 4. The van der Waals surface area contributed by atoms with Gasteiger partial charge in [-0.1, -0.05) is 39.2 Å². The van der Waals surface area contributed by atoms with E-state index in [1.807, 2.05) is 20.8 Å². The summed E-state index contributed by atoms with van der Waals surface area (Å²) >= 11 is 0. The Bertz CT molecular complexity index is 586. The lowest BCUT2D eigenvalue weighted by Gasteiger charge is -2.47. The summed E-state index contributed by atoms with van der Waals surface area (Å²) in [4.78, 5) is 17.3. The Balaban J connectivity index is 3.01. The zero-order chi connectivity index (χ0) is 22.5. The van der Waals surface area contributed by atoms with E-state index in [1.54, 1.807) is 4.90 Å². The van der Waals surface area contributed by atoms with Gasteiger partial charge in [0.1, 0.15) is 5.60 Å². The molecule has 0 aromatic rings. The van der Waals surface area contributed by atoms with Gasteiger partial charge in [-0.15, -0.1) is 0 Å². The van der Waals surface area contributed by atoms with Crippen LogP contribution >= 0.6 is 0 Å². The standard InChI is InChI=1S/C22H42N4O3/c1-10-11-18(20(2,3)4)22(8,9)28-17-12-16(13-24-25-23)14-26(15-17)19(27)29-21(5,6)7/h16-18H,10-15H2,1-9H3. The van der Waals surface area contributed by atoms with Gasteiger partial charge in [-0.3, -0.25) is 0 Å². The molecule has 7 heteroatoms. The summed E-state index contributed by atoms with van der Waals surface area (Å²) in [7, 11) is 0. The van der Waals surface area contributed by atoms with E-state index in [4.69, 9.17) is 15.0 Å². The van der Waals surface area contributed by atoms with Crippen LogP contribution in [0, 0.1) is 17.3 Å². The van der Waals surface area contributed by atoms with Crippen molar-refractivity contribution in [2.75, 3.05) is 19.6 Å². The number of azide groups is 1. The van der Waals surface area contributed by atoms with Gasteiger partial charge in [0.2, 0.25) is 0 Å². The van der Waals surface area contributed by atoms with Crippen LogP contribution in [-0.4, -0.2) is 47.9 Å². The van der Waals surface area contributed by atoms with Gasteiger partial charge in [-0.2, -0.15) is 0 Å². The van der Waals surface area contributed by atoms with E-state index in [0.717, 1.165) is 19.3 Å². The third kappa shape index (κ3) is 8.43. The van der Waals surface area contributed by atoms with E-state index < -0.39 is 5.60 Å². The van der Waals surface area contributed by atoms with Gasteiger partial charge >= 0.3 is 6.09 Å². The van der Waals surface area contributed by atoms with E-state index in [0.29, 0.717) is 25.6 Å². The lowest BCUT2D eigenvalue weighted by molar-refractivity contribution is -0.151. The predicted octanol–water partition coefficient (Wildman–Crippen LogP) is 6.18. The maximum atomic E-state index is 12.7. The zero-order valence-corrected chi connectivity index (χ0v) is 20.0. The summed E-state index contributed by atoms with van der Waals surface area (Å²) in [5, 5.41) is 3.74. The second kappa shape index (κ2) is 10.0. The first kappa shape index (κ1) is 25.6. The number of ether oxygens (including phenoxy) is 2. The normalized spacial score (nSPS) is 22.0. The third-order valence-electron chi connectivity index (χ3n) is 5.49. The Labute approximate surface area is 177 Å². The molecule has 3 unspecified atom stereocenters. The minimum atomic E-state index is -0.553. The molecule has 1 amide bonds. The minimum absolute atomic E-state index is 0.0623. The van der Waals surface area contributed by atoms with E-state index in [1.165, 1.54) is 0 Å². The molecule has 0 bridgehead atoms. The molecule has 0 N–H and O–H groups in total. The van der Waals surface area contributed by atoms with Crippen LogP contribution in [0.15, 0.2) is 5.11 Å². The fourth-order valence-corrected chi connectivity index (χ4v) is 4.62. The predicted molar refractivity (Wildman–Crippen MR) is 117 cm³/mol. The van der Waals surface area contributed by atoms with Gasteiger partial charge in [-0.25, -0.2) is 4.79 Å². The molecule has 0 radical (unpaired) electrons. The van der Waals surface area contributed by atoms with Gasteiger partial charge < -0.3 is 14.4 Å². The smallest absolute Gasteiger partial charge is 0.410 e. The lowest BCUT2D eigenvalue weighted by Crippen LogP contribution is -2.53. The van der Waals surface area contributed by atoms with E-state index in [9.17, 15) is 4.79 Å². The maximum absolute atomic E-state index is 12.7. The number of hydrogen-bond acceptors (Lipinski definition) is 4. The molecule has 7 nitrogen and oxygen atoms in total. The summed E-state index contributed by atoms with van der Waals surface area (Å²) in [6.07, 6.45) is 2.50. The molecule has 29 heavy (non-hydrogen) atoms. The topological polar surface area (TPSA) is 87.5 Å². The Morgan fingerprint density at radius 1 is 1.17 bits per heavy atom. The van der Waals surface area contributed by atoms with Crippen molar-refractivity contribution in [3.05, 3.63) is 10.4 Å². The first-order valence-corrected chi connectivity index (χ1v) is 10.9. The summed E-state index contributed by atoms with van der Waals surface area (Å²) in [6, 6.07) is 0. The van der Waals surface area contributed by atoms with Crippen LogP contribution in [0.4, 0.5) is 4.79 Å². The molecule has 1 aliphatic rings. The quantitative estimate of drug-likeness (QED) is 0.285. The van der Waals surface area contributed by atoms with E-state index in [-0.39, 0.29) is 29.1 Å². The van der Waals surface area contributed by atoms with Crippen LogP contribution in [0.25, 0.3) is 10.4 Å². The van der Waals surface area contributed by atoms with E-state index >= 15 is 0 Å². The van der Waals surface area contributed by atoms with Crippen molar-refractivity contribution in [2.24, 2.45) is 22.4 Å². The van der Waals surface area contributed by atoms with Crippen molar-refractivity contribution in [2.45, 2.75) is 98.9 Å². The molecular formula is C22H42N4O3. The summed E-state index contributed by atoms with van der Waals surface area (Å²) in [6.45, 7) is 20.3. The van der Waals surface area contributed by atoms with Gasteiger partial charge in [0.25, 0.3) is 0 Å². The molecule has 1 aliphatic heterocycles. The Kier molecular flexibility index (Phi) is 8.85. The highest BCUT2D eigenvalue weighted by Crippen LogP contribution is 2.41. The zero-order valence-electron chi connectivity index (χ0n) is 20.0. The average molecular weight is 411 g/mol. The molecule has 1 fully saturated rings. The summed E-state index contributed by atoms with van der Waals surface area (Å²) < 4.78 is 12.2. The molecule has 1 rings (SSSR count). The van der Waals surface area contributed by atoms with Gasteiger partial charge in [-0.05, 0) is 70.2 Å². The van der Waals surface area contributed by atoms with Crippen molar-refractivity contribution in [3.8, 4) is 0 Å². The third-order valence-corrected chi connectivity index (χ3v) is 5.49.